The predicted octanol–water partition coefficient (Wildman–Crippen LogP) is 13.9. The fraction of sp³-hybridized carbons (Fsp3) is 0.115. The van der Waals surface area contributed by atoms with Crippen molar-refractivity contribution in [1.29, 1.82) is 0 Å². The summed E-state index contributed by atoms with van der Waals surface area (Å²) in [6.07, 6.45) is 32.8. The predicted molar refractivity (Wildman–Crippen MR) is 233 cm³/mol. The summed E-state index contributed by atoms with van der Waals surface area (Å²) in [7, 11) is 0. The molecule has 1 nitrogen and oxygen atoms in total. The van der Waals surface area contributed by atoms with Gasteiger partial charge in [-0.05, 0) is 117 Å². The van der Waals surface area contributed by atoms with Gasteiger partial charge in [-0.15, -0.1) is 0 Å². The maximum atomic E-state index is 4.26. The summed E-state index contributed by atoms with van der Waals surface area (Å²) in [6.45, 7) is 16.6. The van der Waals surface area contributed by atoms with Crippen molar-refractivity contribution in [2.45, 2.75) is 38.5 Å². The van der Waals surface area contributed by atoms with Crippen LogP contribution in [0.25, 0.3) is 41.0 Å². The number of hydrogen-bond donors (Lipinski definition) is 1. The van der Waals surface area contributed by atoms with Crippen molar-refractivity contribution in [1.82, 2.24) is 5.32 Å². The Morgan fingerprint density at radius 3 is 2.32 bits per heavy atom. The van der Waals surface area contributed by atoms with Crippen LogP contribution >= 0.6 is 0 Å². The van der Waals surface area contributed by atoms with Gasteiger partial charge in [-0.1, -0.05) is 178 Å². The van der Waals surface area contributed by atoms with Crippen molar-refractivity contribution in [3.05, 3.63) is 233 Å². The third kappa shape index (κ3) is 8.49. The molecule has 262 valence electrons. The standard InChI is InChI=1S/C52H49N/c1-6-9-21-40-31-32-43(41(7-2)37-40)27-20-34-52(5)50-30-19-18-29-49(50)47(8-3)51(52)33-35-53-39(4)36-46(42-22-12-10-13-23-42)38-45-26-16-17-28-48(45)44-24-14-11-15-25-44/h6-12,14-22,24-33,35-38,53H,1-3,13,23,34H2,4-5H3/b21-9-,27-20+,35-33+,39-36+,46-38-. The van der Waals surface area contributed by atoms with Gasteiger partial charge in [0.15, 0.2) is 0 Å². The summed E-state index contributed by atoms with van der Waals surface area (Å²) in [5, 5.41) is 3.62. The number of fused-ring (bicyclic) bond motifs is 1. The molecule has 0 fully saturated rings. The van der Waals surface area contributed by atoms with E-state index in [9.17, 15) is 0 Å². The zero-order chi connectivity index (χ0) is 37.0. The zero-order valence-corrected chi connectivity index (χ0v) is 31.1. The van der Waals surface area contributed by atoms with E-state index in [1.165, 1.54) is 50.1 Å². The van der Waals surface area contributed by atoms with Gasteiger partial charge in [0.05, 0.1) is 0 Å². The Balaban J connectivity index is 1.29. The lowest BCUT2D eigenvalue weighted by Gasteiger charge is -2.27. The van der Waals surface area contributed by atoms with E-state index in [1.54, 1.807) is 6.08 Å². The molecule has 0 spiro atoms. The van der Waals surface area contributed by atoms with E-state index < -0.39 is 0 Å². The molecule has 0 aliphatic heterocycles. The number of rotatable bonds is 14. The quantitative estimate of drug-likeness (QED) is 0.130. The minimum Gasteiger partial charge on any atom is -0.365 e. The molecular weight excluding hydrogens is 639 g/mol. The van der Waals surface area contributed by atoms with Crippen LogP contribution in [0.1, 0.15) is 66.5 Å². The average molecular weight is 688 g/mol. The van der Waals surface area contributed by atoms with E-state index >= 15 is 0 Å². The molecule has 2 aliphatic rings. The highest BCUT2D eigenvalue weighted by molar-refractivity contribution is 5.88. The molecule has 6 rings (SSSR count). The van der Waals surface area contributed by atoms with E-state index in [0.29, 0.717) is 0 Å². The van der Waals surface area contributed by atoms with Crippen LogP contribution in [0.2, 0.25) is 0 Å². The molecule has 0 aromatic heterocycles. The molecule has 1 atom stereocenters. The second-order valence-corrected chi connectivity index (χ2v) is 13.7. The minimum absolute atomic E-state index is 0.237. The molecule has 53 heavy (non-hydrogen) atoms. The van der Waals surface area contributed by atoms with E-state index in [1.807, 2.05) is 18.2 Å². The minimum atomic E-state index is -0.237. The van der Waals surface area contributed by atoms with E-state index in [2.05, 4.69) is 197 Å². The molecule has 2 aliphatic carbocycles. The second-order valence-electron chi connectivity index (χ2n) is 13.7. The molecule has 0 saturated heterocycles. The fourth-order valence-electron chi connectivity index (χ4n) is 7.40. The third-order valence-electron chi connectivity index (χ3n) is 10.2. The number of allylic oxidation sites excluding steroid dienone is 14. The lowest BCUT2D eigenvalue weighted by Crippen LogP contribution is -2.21. The topological polar surface area (TPSA) is 12.0 Å². The van der Waals surface area contributed by atoms with Gasteiger partial charge in [0.2, 0.25) is 0 Å². The summed E-state index contributed by atoms with van der Waals surface area (Å²) >= 11 is 0. The van der Waals surface area contributed by atoms with Crippen LogP contribution in [0.3, 0.4) is 0 Å². The lowest BCUT2D eigenvalue weighted by molar-refractivity contribution is 0.592. The average Bonchev–Trinajstić information content (AvgIpc) is 3.44. The largest absolute Gasteiger partial charge is 0.365 e. The Bertz CT molecular complexity index is 2240. The normalized spacial score (nSPS) is 17.4. The molecule has 1 heteroatoms. The van der Waals surface area contributed by atoms with E-state index in [4.69, 9.17) is 0 Å². The Labute approximate surface area is 317 Å². The van der Waals surface area contributed by atoms with Crippen LogP contribution in [0, 0.1) is 0 Å². The van der Waals surface area contributed by atoms with Gasteiger partial charge < -0.3 is 5.32 Å². The molecular formula is C52H49N. The summed E-state index contributed by atoms with van der Waals surface area (Å²) in [5.41, 5.74) is 15.4. The second kappa shape index (κ2) is 17.4. The Kier molecular flexibility index (Phi) is 12.0. The summed E-state index contributed by atoms with van der Waals surface area (Å²) in [4.78, 5) is 0. The van der Waals surface area contributed by atoms with Gasteiger partial charge in [-0.3, -0.25) is 0 Å². The molecule has 1 unspecified atom stereocenters. The zero-order valence-electron chi connectivity index (χ0n) is 31.1. The van der Waals surface area contributed by atoms with Crippen molar-refractivity contribution >= 4 is 29.9 Å². The van der Waals surface area contributed by atoms with E-state index in [0.717, 1.165) is 41.6 Å². The lowest BCUT2D eigenvalue weighted by atomic mass is 9.76. The first kappa shape index (κ1) is 36.6. The van der Waals surface area contributed by atoms with Crippen LogP contribution in [-0.4, -0.2) is 0 Å². The Morgan fingerprint density at radius 1 is 0.792 bits per heavy atom. The van der Waals surface area contributed by atoms with Crippen molar-refractivity contribution < 1.29 is 0 Å². The molecule has 4 aromatic rings. The summed E-state index contributed by atoms with van der Waals surface area (Å²) < 4.78 is 0. The SMILES string of the molecule is C=C/C=C\c1ccc(/C=C/CC2(C)C(/C=C/N/C(C)=C/C(=C/c3ccccc3-c3ccccc3)C3=CC=CCC3)=C(C=C)c3ccccc32)c(C=C)c1. The van der Waals surface area contributed by atoms with Crippen molar-refractivity contribution in [2.75, 3.05) is 0 Å². The number of benzene rings is 4. The van der Waals surface area contributed by atoms with Crippen LogP contribution in [0.15, 0.2) is 200 Å². The molecule has 0 bridgehead atoms. The molecule has 4 aromatic carbocycles. The highest BCUT2D eigenvalue weighted by Gasteiger charge is 2.38. The molecule has 1 N–H and O–H groups in total. The van der Waals surface area contributed by atoms with Gasteiger partial charge in [-0.25, -0.2) is 0 Å². The van der Waals surface area contributed by atoms with Crippen LogP contribution < -0.4 is 5.32 Å². The van der Waals surface area contributed by atoms with Crippen molar-refractivity contribution in [3.63, 3.8) is 0 Å². The molecule has 0 saturated carbocycles. The molecule has 0 heterocycles. The van der Waals surface area contributed by atoms with Crippen molar-refractivity contribution in [2.24, 2.45) is 0 Å². The van der Waals surface area contributed by atoms with Gasteiger partial charge in [0.25, 0.3) is 0 Å². The Hall–Kier alpha value is -6.18. The number of nitrogens with one attached hydrogen (secondary N) is 1. The summed E-state index contributed by atoms with van der Waals surface area (Å²) in [6, 6.07) is 34.5. The van der Waals surface area contributed by atoms with Crippen LogP contribution in [0.4, 0.5) is 0 Å². The van der Waals surface area contributed by atoms with Gasteiger partial charge in [0.1, 0.15) is 0 Å². The molecule has 0 radical (unpaired) electrons. The van der Waals surface area contributed by atoms with E-state index in [-0.39, 0.29) is 5.41 Å². The maximum absolute atomic E-state index is 4.26. The van der Waals surface area contributed by atoms with Gasteiger partial charge >= 0.3 is 0 Å². The maximum Gasteiger partial charge on any atom is 0.0222 e. The monoisotopic (exact) mass is 687 g/mol. The first-order chi connectivity index (χ1) is 25.9. The first-order valence-electron chi connectivity index (χ1n) is 18.5. The van der Waals surface area contributed by atoms with Gasteiger partial charge in [0, 0.05) is 17.3 Å². The Morgan fingerprint density at radius 2 is 1.57 bits per heavy atom. The highest BCUT2D eigenvalue weighted by Crippen LogP contribution is 2.49. The smallest absolute Gasteiger partial charge is 0.0222 e. The van der Waals surface area contributed by atoms with Crippen LogP contribution in [0.5, 0.6) is 0 Å². The fourth-order valence-corrected chi connectivity index (χ4v) is 7.40. The highest BCUT2D eigenvalue weighted by atomic mass is 14.8. The van der Waals surface area contributed by atoms with Gasteiger partial charge in [-0.2, -0.15) is 0 Å². The first-order valence-corrected chi connectivity index (χ1v) is 18.5. The molecule has 0 amide bonds. The third-order valence-corrected chi connectivity index (χ3v) is 10.2. The summed E-state index contributed by atoms with van der Waals surface area (Å²) in [5.74, 6) is 0. The van der Waals surface area contributed by atoms with Crippen molar-refractivity contribution in [3.8, 4) is 11.1 Å². The number of hydrogen-bond acceptors (Lipinski definition) is 1. The van der Waals surface area contributed by atoms with Crippen LogP contribution in [-0.2, 0) is 5.41 Å².